The van der Waals surface area contributed by atoms with Crippen LogP contribution in [0.15, 0.2) is 60.7 Å². The second-order valence-electron chi connectivity index (χ2n) is 6.90. The lowest BCUT2D eigenvalue weighted by molar-refractivity contribution is 0.0925. The Labute approximate surface area is 184 Å². The summed E-state index contributed by atoms with van der Waals surface area (Å²) in [6.45, 7) is 0. The number of hydrogen-bond donors (Lipinski definition) is 1. The van der Waals surface area contributed by atoms with Crippen molar-refractivity contribution in [1.29, 1.82) is 0 Å². The summed E-state index contributed by atoms with van der Waals surface area (Å²) in [5, 5.41) is 2.77. The molecule has 32 heavy (non-hydrogen) atoms. The number of hydrogen-bond acceptors (Lipinski definition) is 6. The Hall–Kier alpha value is -4.33. The molecule has 0 unspecified atom stereocenters. The maximum Gasteiger partial charge on any atom is 0.266 e. The van der Waals surface area contributed by atoms with E-state index in [0.29, 0.717) is 39.8 Å². The molecule has 0 saturated heterocycles. The topological polar surface area (TPSA) is 94.2 Å². The number of fused-ring (bicyclic) bond motifs is 1. The van der Waals surface area contributed by atoms with Crippen LogP contribution in [-0.4, -0.2) is 39.1 Å². The number of anilines is 2. The maximum atomic E-state index is 13.0. The van der Waals surface area contributed by atoms with E-state index in [0.717, 1.165) is 4.90 Å². The highest BCUT2D eigenvalue weighted by Gasteiger charge is 2.36. The van der Waals surface area contributed by atoms with E-state index in [-0.39, 0.29) is 5.56 Å². The highest BCUT2D eigenvalue weighted by atomic mass is 16.5. The van der Waals surface area contributed by atoms with Crippen LogP contribution in [0.4, 0.5) is 11.4 Å². The minimum atomic E-state index is -0.456. The molecule has 0 aromatic heterocycles. The molecule has 0 atom stereocenters. The molecule has 1 aliphatic rings. The lowest BCUT2D eigenvalue weighted by Crippen LogP contribution is -2.29. The van der Waals surface area contributed by atoms with Crippen LogP contribution in [0.25, 0.3) is 0 Å². The Bertz CT molecular complexity index is 1200. The first-order valence-electron chi connectivity index (χ1n) is 9.67. The molecule has 0 spiro atoms. The van der Waals surface area contributed by atoms with Gasteiger partial charge in [-0.2, -0.15) is 0 Å². The molecular formula is C24H20N2O6. The third-order valence-corrected chi connectivity index (χ3v) is 5.11. The monoisotopic (exact) mass is 432 g/mol. The number of methoxy groups -OCH3 is 3. The van der Waals surface area contributed by atoms with Crippen molar-refractivity contribution in [1.82, 2.24) is 0 Å². The van der Waals surface area contributed by atoms with Gasteiger partial charge in [0.05, 0.1) is 43.7 Å². The fraction of sp³-hybridized carbons (Fsp3) is 0.125. The average Bonchev–Trinajstić information content (AvgIpc) is 3.08. The molecule has 0 saturated carbocycles. The summed E-state index contributed by atoms with van der Waals surface area (Å²) >= 11 is 0. The van der Waals surface area contributed by atoms with Crippen molar-refractivity contribution < 1.29 is 28.6 Å². The second kappa shape index (κ2) is 8.43. The van der Waals surface area contributed by atoms with E-state index in [4.69, 9.17) is 14.2 Å². The van der Waals surface area contributed by atoms with E-state index in [1.54, 1.807) is 54.6 Å². The molecule has 0 aliphatic carbocycles. The SMILES string of the molecule is COc1cc(OC)c(C(=O)Nc2cccc(N3C(=O)c4ccccc4C3=O)c2)cc1OC. The summed E-state index contributed by atoms with van der Waals surface area (Å²) in [5.41, 5.74) is 1.69. The third-order valence-electron chi connectivity index (χ3n) is 5.11. The summed E-state index contributed by atoms with van der Waals surface area (Å²) < 4.78 is 15.8. The van der Waals surface area contributed by atoms with Gasteiger partial charge in [0.2, 0.25) is 0 Å². The first kappa shape index (κ1) is 20.9. The lowest BCUT2D eigenvalue weighted by atomic mass is 10.1. The van der Waals surface area contributed by atoms with Crippen molar-refractivity contribution in [2.75, 3.05) is 31.5 Å². The van der Waals surface area contributed by atoms with Gasteiger partial charge >= 0.3 is 0 Å². The van der Waals surface area contributed by atoms with Gasteiger partial charge in [-0.25, -0.2) is 4.90 Å². The van der Waals surface area contributed by atoms with Crippen LogP contribution in [-0.2, 0) is 0 Å². The molecule has 3 aromatic carbocycles. The minimum absolute atomic E-state index is 0.233. The van der Waals surface area contributed by atoms with E-state index in [1.807, 2.05) is 0 Å². The normalized spacial score (nSPS) is 12.4. The summed E-state index contributed by atoms with van der Waals surface area (Å²) in [4.78, 5) is 39.6. The molecule has 3 aromatic rings. The molecule has 1 aliphatic heterocycles. The zero-order chi connectivity index (χ0) is 22.8. The van der Waals surface area contributed by atoms with Gasteiger partial charge < -0.3 is 19.5 Å². The van der Waals surface area contributed by atoms with Gasteiger partial charge in [0, 0.05) is 17.8 Å². The molecule has 0 fully saturated rings. The fourth-order valence-electron chi connectivity index (χ4n) is 3.55. The Morgan fingerprint density at radius 3 is 1.94 bits per heavy atom. The van der Waals surface area contributed by atoms with Crippen LogP contribution in [0.5, 0.6) is 17.2 Å². The Balaban J connectivity index is 1.63. The van der Waals surface area contributed by atoms with Crippen LogP contribution in [0.2, 0.25) is 0 Å². The number of carbonyl (C=O) groups is 3. The Kier molecular flexibility index (Phi) is 5.51. The molecule has 1 N–H and O–H groups in total. The predicted octanol–water partition coefficient (Wildman–Crippen LogP) is 3.77. The van der Waals surface area contributed by atoms with Gasteiger partial charge in [-0.15, -0.1) is 0 Å². The van der Waals surface area contributed by atoms with Gasteiger partial charge in [-0.1, -0.05) is 18.2 Å². The number of imide groups is 1. The summed E-state index contributed by atoms with van der Waals surface area (Å²) in [7, 11) is 4.40. The zero-order valence-corrected chi connectivity index (χ0v) is 17.7. The number of nitrogens with one attached hydrogen (secondary N) is 1. The molecule has 0 bridgehead atoms. The van der Waals surface area contributed by atoms with Crippen molar-refractivity contribution in [2.45, 2.75) is 0 Å². The standard InChI is InChI=1S/C24H20N2O6/c1-30-19-13-21(32-3)20(31-2)12-18(19)22(27)25-14-7-6-8-15(11-14)26-23(28)16-9-4-5-10-17(16)24(26)29/h4-13H,1-3H3,(H,25,27). The van der Waals surface area contributed by atoms with Crippen molar-refractivity contribution in [3.05, 3.63) is 77.4 Å². The van der Waals surface area contributed by atoms with Gasteiger partial charge in [-0.05, 0) is 30.3 Å². The molecule has 8 heteroatoms. The maximum absolute atomic E-state index is 13.0. The van der Waals surface area contributed by atoms with Crippen LogP contribution < -0.4 is 24.4 Å². The molecule has 4 rings (SSSR count). The number of carbonyl (C=O) groups excluding carboxylic acids is 3. The highest BCUT2D eigenvalue weighted by molar-refractivity contribution is 6.34. The van der Waals surface area contributed by atoms with Crippen molar-refractivity contribution in [2.24, 2.45) is 0 Å². The first-order chi connectivity index (χ1) is 15.5. The molecule has 0 radical (unpaired) electrons. The lowest BCUT2D eigenvalue weighted by Gasteiger charge is -2.16. The molecule has 8 nitrogen and oxygen atoms in total. The van der Waals surface area contributed by atoms with Gasteiger partial charge in [-0.3, -0.25) is 14.4 Å². The van der Waals surface area contributed by atoms with Crippen molar-refractivity contribution in [3.8, 4) is 17.2 Å². The summed E-state index contributed by atoms with van der Waals surface area (Å²) in [6, 6.07) is 16.2. The fourth-order valence-corrected chi connectivity index (χ4v) is 3.55. The van der Waals surface area contributed by atoms with E-state index in [1.165, 1.54) is 27.4 Å². The zero-order valence-electron chi connectivity index (χ0n) is 17.7. The van der Waals surface area contributed by atoms with Crippen molar-refractivity contribution >= 4 is 29.1 Å². The molecular weight excluding hydrogens is 412 g/mol. The summed E-state index contributed by atoms with van der Waals surface area (Å²) in [6.07, 6.45) is 0. The number of benzene rings is 3. The van der Waals surface area contributed by atoms with Gasteiger partial charge in [0.1, 0.15) is 5.75 Å². The van der Waals surface area contributed by atoms with Crippen LogP contribution >= 0.6 is 0 Å². The van der Waals surface area contributed by atoms with Crippen LogP contribution in [0.1, 0.15) is 31.1 Å². The number of ether oxygens (including phenoxy) is 3. The van der Waals surface area contributed by atoms with Gasteiger partial charge in [0.15, 0.2) is 11.5 Å². The molecule has 162 valence electrons. The third kappa shape index (κ3) is 3.51. The summed E-state index contributed by atoms with van der Waals surface area (Å²) in [5.74, 6) is -0.169. The quantitative estimate of drug-likeness (QED) is 0.596. The van der Waals surface area contributed by atoms with Crippen LogP contribution in [0, 0.1) is 0 Å². The smallest absolute Gasteiger partial charge is 0.266 e. The Morgan fingerprint density at radius 1 is 0.750 bits per heavy atom. The van der Waals surface area contributed by atoms with Crippen molar-refractivity contribution in [3.63, 3.8) is 0 Å². The largest absolute Gasteiger partial charge is 0.496 e. The van der Waals surface area contributed by atoms with E-state index < -0.39 is 17.7 Å². The highest BCUT2D eigenvalue weighted by Crippen LogP contribution is 2.35. The second-order valence-corrected chi connectivity index (χ2v) is 6.90. The van der Waals surface area contributed by atoms with E-state index in [2.05, 4.69) is 5.32 Å². The average molecular weight is 432 g/mol. The number of rotatable bonds is 6. The first-order valence-corrected chi connectivity index (χ1v) is 9.67. The van der Waals surface area contributed by atoms with E-state index >= 15 is 0 Å². The molecule has 3 amide bonds. The minimum Gasteiger partial charge on any atom is -0.496 e. The Morgan fingerprint density at radius 2 is 1.34 bits per heavy atom. The molecule has 1 heterocycles. The van der Waals surface area contributed by atoms with Gasteiger partial charge in [0.25, 0.3) is 17.7 Å². The predicted molar refractivity (Wildman–Crippen MR) is 118 cm³/mol. The number of amides is 3. The van der Waals surface area contributed by atoms with Crippen LogP contribution in [0.3, 0.4) is 0 Å². The van der Waals surface area contributed by atoms with E-state index in [9.17, 15) is 14.4 Å². The number of nitrogens with zero attached hydrogens (tertiary/aromatic N) is 1.